The van der Waals surface area contributed by atoms with Gasteiger partial charge in [0.05, 0.1) is 0 Å². The number of benzene rings is 1. The van der Waals surface area contributed by atoms with Crippen LogP contribution in [-0.2, 0) is 16.0 Å². The summed E-state index contributed by atoms with van der Waals surface area (Å²) in [6.45, 7) is 1.80. The second-order valence-corrected chi connectivity index (χ2v) is 5.34. The molecule has 0 bridgehead atoms. The molecule has 5 N–H and O–H groups in total. The molecule has 0 aromatic heterocycles. The standard InChI is InChI=1S/C16H23N3O5/c1-3-4-12(14(20)21)18-16(24)19-13(15(22)23)9-10-5-7-11(17-2)8-6-10/h5-8,12-13,17H,3-4,9H2,1-2H3,(H,20,21)(H,22,23)(H2,18,19,24)/t12-,13-/m0/s1. The maximum atomic E-state index is 11.9. The Labute approximate surface area is 140 Å². The van der Waals surface area contributed by atoms with E-state index >= 15 is 0 Å². The third-order valence-corrected chi connectivity index (χ3v) is 3.47. The van der Waals surface area contributed by atoms with Crippen molar-refractivity contribution >= 4 is 23.7 Å². The van der Waals surface area contributed by atoms with Crippen LogP contribution in [0.5, 0.6) is 0 Å². The molecule has 1 aromatic rings. The Balaban J connectivity index is 2.69. The van der Waals surface area contributed by atoms with Gasteiger partial charge >= 0.3 is 18.0 Å². The number of rotatable bonds is 9. The van der Waals surface area contributed by atoms with Crippen molar-refractivity contribution in [2.24, 2.45) is 0 Å². The molecule has 8 heteroatoms. The molecule has 0 saturated heterocycles. The minimum absolute atomic E-state index is 0.0955. The Morgan fingerprint density at radius 1 is 1.00 bits per heavy atom. The summed E-state index contributed by atoms with van der Waals surface area (Å²) in [6, 6.07) is 4.12. The Bertz CT molecular complexity index is 574. The molecule has 2 atom stereocenters. The average molecular weight is 337 g/mol. The van der Waals surface area contributed by atoms with Gasteiger partial charge in [0.15, 0.2) is 0 Å². The SMILES string of the molecule is CCC[C@H](NC(=O)N[C@@H](Cc1ccc(NC)cc1)C(=O)O)C(=O)O. The van der Waals surface area contributed by atoms with Crippen LogP contribution in [-0.4, -0.2) is 47.3 Å². The van der Waals surface area contributed by atoms with E-state index in [1.807, 2.05) is 0 Å². The van der Waals surface area contributed by atoms with Gasteiger partial charge in [0.25, 0.3) is 0 Å². The number of hydrogen-bond acceptors (Lipinski definition) is 4. The highest BCUT2D eigenvalue weighted by Gasteiger charge is 2.24. The number of amides is 2. The molecule has 24 heavy (non-hydrogen) atoms. The molecule has 2 amide bonds. The summed E-state index contributed by atoms with van der Waals surface area (Å²) in [5.74, 6) is -2.34. The Kier molecular flexibility index (Phi) is 7.54. The van der Waals surface area contributed by atoms with Crippen LogP contribution in [0.3, 0.4) is 0 Å². The van der Waals surface area contributed by atoms with Crippen molar-refractivity contribution in [1.29, 1.82) is 0 Å². The maximum absolute atomic E-state index is 11.9. The summed E-state index contributed by atoms with van der Waals surface area (Å²) in [5.41, 5.74) is 1.63. The summed E-state index contributed by atoms with van der Waals surface area (Å²) >= 11 is 0. The third-order valence-electron chi connectivity index (χ3n) is 3.47. The van der Waals surface area contributed by atoms with E-state index in [2.05, 4.69) is 16.0 Å². The van der Waals surface area contributed by atoms with Gasteiger partial charge in [0, 0.05) is 19.2 Å². The molecule has 8 nitrogen and oxygen atoms in total. The van der Waals surface area contributed by atoms with Crippen molar-refractivity contribution in [1.82, 2.24) is 10.6 Å². The van der Waals surface area contributed by atoms with Crippen LogP contribution >= 0.6 is 0 Å². The molecular weight excluding hydrogens is 314 g/mol. The Morgan fingerprint density at radius 3 is 2.00 bits per heavy atom. The average Bonchev–Trinajstić information content (AvgIpc) is 2.54. The van der Waals surface area contributed by atoms with E-state index in [-0.39, 0.29) is 12.8 Å². The van der Waals surface area contributed by atoms with Gasteiger partial charge in [0.2, 0.25) is 0 Å². The molecule has 0 aliphatic heterocycles. The lowest BCUT2D eigenvalue weighted by Gasteiger charge is -2.18. The zero-order chi connectivity index (χ0) is 18.1. The van der Waals surface area contributed by atoms with Gasteiger partial charge in [-0.2, -0.15) is 0 Å². The van der Waals surface area contributed by atoms with Crippen molar-refractivity contribution in [2.75, 3.05) is 12.4 Å². The quantitative estimate of drug-likeness (QED) is 0.462. The van der Waals surface area contributed by atoms with Crippen LogP contribution in [0.25, 0.3) is 0 Å². The molecule has 0 radical (unpaired) electrons. The lowest BCUT2D eigenvalue weighted by Crippen LogP contribution is -2.51. The number of nitrogens with one attached hydrogen (secondary N) is 3. The molecular formula is C16H23N3O5. The fourth-order valence-electron chi connectivity index (χ4n) is 2.15. The highest BCUT2D eigenvalue weighted by Crippen LogP contribution is 2.10. The number of carbonyl (C=O) groups is 3. The number of carbonyl (C=O) groups excluding carboxylic acids is 1. The van der Waals surface area contributed by atoms with E-state index in [1.54, 1.807) is 38.2 Å². The lowest BCUT2D eigenvalue weighted by atomic mass is 10.1. The van der Waals surface area contributed by atoms with Gasteiger partial charge in [-0.15, -0.1) is 0 Å². The second-order valence-electron chi connectivity index (χ2n) is 5.34. The third kappa shape index (κ3) is 6.15. The molecule has 0 fully saturated rings. The Hall–Kier alpha value is -2.77. The van der Waals surface area contributed by atoms with Gasteiger partial charge < -0.3 is 26.2 Å². The first-order valence-electron chi connectivity index (χ1n) is 7.66. The van der Waals surface area contributed by atoms with E-state index in [4.69, 9.17) is 5.11 Å². The first-order chi connectivity index (χ1) is 11.4. The number of carboxylic acid groups (broad SMARTS) is 2. The number of carboxylic acids is 2. The van der Waals surface area contributed by atoms with Crippen molar-refractivity contribution in [3.8, 4) is 0 Å². The van der Waals surface area contributed by atoms with E-state index in [1.165, 1.54) is 0 Å². The molecule has 0 unspecified atom stereocenters. The van der Waals surface area contributed by atoms with Crippen molar-refractivity contribution in [3.05, 3.63) is 29.8 Å². The van der Waals surface area contributed by atoms with Crippen LogP contribution in [0.2, 0.25) is 0 Å². The summed E-state index contributed by atoms with van der Waals surface area (Å²) in [5, 5.41) is 25.8. The molecule has 132 valence electrons. The van der Waals surface area contributed by atoms with Gasteiger partial charge in [-0.1, -0.05) is 25.5 Å². The van der Waals surface area contributed by atoms with Gasteiger partial charge in [-0.3, -0.25) is 0 Å². The fourth-order valence-corrected chi connectivity index (χ4v) is 2.15. The highest BCUT2D eigenvalue weighted by atomic mass is 16.4. The highest BCUT2D eigenvalue weighted by molar-refractivity contribution is 5.86. The monoisotopic (exact) mass is 337 g/mol. The zero-order valence-electron chi connectivity index (χ0n) is 13.7. The van der Waals surface area contributed by atoms with Crippen LogP contribution < -0.4 is 16.0 Å². The minimum atomic E-state index is -1.19. The zero-order valence-corrected chi connectivity index (χ0v) is 13.7. The van der Waals surface area contributed by atoms with Crippen LogP contribution in [0, 0.1) is 0 Å². The Morgan fingerprint density at radius 2 is 1.54 bits per heavy atom. The topological polar surface area (TPSA) is 128 Å². The molecule has 0 spiro atoms. The largest absolute Gasteiger partial charge is 0.480 e. The summed E-state index contributed by atoms with van der Waals surface area (Å²) in [6.07, 6.45) is 0.946. The van der Waals surface area contributed by atoms with E-state index in [9.17, 15) is 19.5 Å². The predicted molar refractivity (Wildman–Crippen MR) is 89.1 cm³/mol. The van der Waals surface area contributed by atoms with Crippen LogP contribution in [0.4, 0.5) is 10.5 Å². The summed E-state index contributed by atoms with van der Waals surface area (Å²) in [4.78, 5) is 34.2. The first kappa shape index (κ1) is 19.3. The number of urea groups is 1. The van der Waals surface area contributed by atoms with Crippen molar-refractivity contribution < 1.29 is 24.6 Å². The second kappa shape index (κ2) is 9.39. The molecule has 0 saturated carbocycles. The molecule has 0 heterocycles. The van der Waals surface area contributed by atoms with Crippen molar-refractivity contribution in [2.45, 2.75) is 38.3 Å². The van der Waals surface area contributed by atoms with E-state index in [0.717, 1.165) is 11.3 Å². The lowest BCUT2D eigenvalue weighted by molar-refractivity contribution is -0.139. The first-order valence-corrected chi connectivity index (χ1v) is 7.66. The van der Waals surface area contributed by atoms with Crippen LogP contribution in [0.15, 0.2) is 24.3 Å². The van der Waals surface area contributed by atoms with Gasteiger partial charge in [-0.25, -0.2) is 14.4 Å². The van der Waals surface area contributed by atoms with E-state index < -0.39 is 30.1 Å². The van der Waals surface area contributed by atoms with Crippen LogP contribution in [0.1, 0.15) is 25.3 Å². The molecule has 0 aliphatic rings. The molecule has 0 aliphatic carbocycles. The number of aliphatic carboxylic acids is 2. The molecule has 1 rings (SSSR count). The predicted octanol–water partition coefficient (Wildman–Crippen LogP) is 1.28. The maximum Gasteiger partial charge on any atom is 0.326 e. The number of anilines is 1. The van der Waals surface area contributed by atoms with E-state index in [0.29, 0.717) is 6.42 Å². The smallest absolute Gasteiger partial charge is 0.326 e. The van der Waals surface area contributed by atoms with Gasteiger partial charge in [0.1, 0.15) is 12.1 Å². The fraction of sp³-hybridized carbons (Fsp3) is 0.438. The molecule has 1 aromatic carbocycles. The summed E-state index contributed by atoms with van der Waals surface area (Å²) < 4.78 is 0. The normalized spacial score (nSPS) is 12.8. The number of hydrogen-bond donors (Lipinski definition) is 5. The van der Waals surface area contributed by atoms with Crippen molar-refractivity contribution in [3.63, 3.8) is 0 Å². The summed E-state index contributed by atoms with van der Waals surface area (Å²) in [7, 11) is 1.77. The minimum Gasteiger partial charge on any atom is -0.480 e. The van der Waals surface area contributed by atoms with Gasteiger partial charge in [-0.05, 0) is 24.1 Å².